The van der Waals surface area contributed by atoms with Crippen LogP contribution in [0.3, 0.4) is 0 Å². The third-order valence-electron chi connectivity index (χ3n) is 5.98. The Morgan fingerprint density at radius 1 is 1.15 bits per heavy atom. The molecule has 2 aromatic carbocycles. The van der Waals surface area contributed by atoms with E-state index in [9.17, 15) is 18.0 Å². The highest BCUT2D eigenvalue weighted by atomic mass is 32.2. The molecule has 1 aliphatic carbocycles. The highest BCUT2D eigenvalue weighted by Gasteiger charge is 2.36. The summed E-state index contributed by atoms with van der Waals surface area (Å²) in [6, 6.07) is 12.1. The average molecular weight is 472 g/mol. The summed E-state index contributed by atoms with van der Waals surface area (Å²) in [4.78, 5) is 27.4. The normalized spacial score (nSPS) is 18.6. The molecule has 1 unspecified atom stereocenters. The Hall–Kier alpha value is -2.91. The van der Waals surface area contributed by atoms with E-state index < -0.39 is 15.9 Å². The summed E-state index contributed by atoms with van der Waals surface area (Å²) in [5, 5.41) is 2.77. The van der Waals surface area contributed by atoms with Crippen LogP contribution in [0, 0.1) is 5.92 Å². The van der Waals surface area contributed by atoms with E-state index in [2.05, 4.69) is 23.9 Å². The molecule has 9 heteroatoms. The Labute approximate surface area is 194 Å². The Balaban J connectivity index is 1.50. The Morgan fingerprint density at radius 3 is 2.58 bits per heavy atom. The van der Waals surface area contributed by atoms with E-state index in [0.29, 0.717) is 11.7 Å². The van der Waals surface area contributed by atoms with Gasteiger partial charge in [-0.1, -0.05) is 26.0 Å². The van der Waals surface area contributed by atoms with Gasteiger partial charge in [0.25, 0.3) is 0 Å². The van der Waals surface area contributed by atoms with Gasteiger partial charge in [-0.05, 0) is 54.7 Å². The van der Waals surface area contributed by atoms with Gasteiger partial charge < -0.3 is 15.0 Å². The number of hydrogen-bond acceptors (Lipinski definition) is 5. The van der Waals surface area contributed by atoms with Crippen LogP contribution in [0.2, 0.25) is 0 Å². The smallest absolute Gasteiger partial charge is 0.240 e. The van der Waals surface area contributed by atoms with E-state index >= 15 is 0 Å². The number of hydrogen-bond donors (Lipinski definition) is 2. The van der Waals surface area contributed by atoms with E-state index in [1.54, 1.807) is 4.90 Å². The second-order valence-corrected chi connectivity index (χ2v) is 10.6. The van der Waals surface area contributed by atoms with Gasteiger partial charge in [0.1, 0.15) is 5.75 Å². The van der Waals surface area contributed by atoms with Crippen molar-refractivity contribution in [3.8, 4) is 5.75 Å². The number of anilines is 2. The van der Waals surface area contributed by atoms with Crippen LogP contribution in [0.5, 0.6) is 5.75 Å². The molecule has 0 radical (unpaired) electrons. The monoisotopic (exact) mass is 471 g/mol. The van der Waals surface area contributed by atoms with Crippen LogP contribution in [-0.2, 0) is 19.6 Å². The van der Waals surface area contributed by atoms with Gasteiger partial charge in [-0.25, -0.2) is 13.1 Å². The van der Waals surface area contributed by atoms with E-state index in [-0.39, 0.29) is 41.4 Å². The largest absolute Gasteiger partial charge is 0.495 e. The molecule has 2 aliphatic rings. The van der Waals surface area contributed by atoms with Crippen LogP contribution < -0.4 is 19.7 Å². The van der Waals surface area contributed by atoms with Gasteiger partial charge in [0, 0.05) is 24.7 Å². The predicted molar refractivity (Wildman–Crippen MR) is 126 cm³/mol. The molecule has 2 N–H and O–H groups in total. The molecular weight excluding hydrogens is 442 g/mol. The minimum atomic E-state index is -3.68. The second-order valence-electron chi connectivity index (χ2n) is 8.90. The first-order valence-electron chi connectivity index (χ1n) is 11.1. The standard InChI is InChI=1S/C24H29N3O5S/c1-15(2)16-5-4-6-19(11-16)27-14-17(12-23(27)28)24(29)25-21-13-20(9-10-22(21)32-3)33(30,31)26-18-7-8-18/h4-6,9-11,13,15,17-18,26H,7-8,12,14H2,1-3H3,(H,25,29). The number of amides is 2. The van der Waals surface area contributed by atoms with E-state index in [0.717, 1.165) is 24.1 Å². The first-order chi connectivity index (χ1) is 15.7. The van der Waals surface area contributed by atoms with E-state index in [1.807, 2.05) is 24.3 Å². The number of ether oxygens (including phenoxy) is 1. The SMILES string of the molecule is COc1ccc(S(=O)(=O)NC2CC2)cc1NC(=O)C1CC(=O)N(c2cccc(C(C)C)c2)C1. The zero-order valence-electron chi connectivity index (χ0n) is 19.0. The number of nitrogens with zero attached hydrogens (tertiary/aromatic N) is 1. The van der Waals surface area contributed by atoms with Gasteiger partial charge in [-0.2, -0.15) is 0 Å². The number of sulfonamides is 1. The maximum atomic E-state index is 13.0. The maximum Gasteiger partial charge on any atom is 0.240 e. The summed E-state index contributed by atoms with van der Waals surface area (Å²) in [5.41, 5.74) is 2.16. The molecule has 1 atom stereocenters. The highest BCUT2D eigenvalue weighted by Crippen LogP contribution is 2.32. The number of carbonyl (C=O) groups is 2. The lowest BCUT2D eigenvalue weighted by Gasteiger charge is -2.19. The molecular formula is C24H29N3O5S. The van der Waals surface area contributed by atoms with Crippen molar-refractivity contribution in [2.24, 2.45) is 5.92 Å². The van der Waals surface area contributed by atoms with Crippen LogP contribution in [0.1, 0.15) is 44.6 Å². The van der Waals surface area contributed by atoms with Crippen molar-refractivity contribution in [1.82, 2.24) is 4.72 Å². The van der Waals surface area contributed by atoms with Crippen molar-refractivity contribution in [3.63, 3.8) is 0 Å². The van der Waals surface area contributed by atoms with Crippen molar-refractivity contribution in [2.45, 2.75) is 50.0 Å². The summed E-state index contributed by atoms with van der Waals surface area (Å²) >= 11 is 0. The highest BCUT2D eigenvalue weighted by molar-refractivity contribution is 7.89. The molecule has 4 rings (SSSR count). The van der Waals surface area contributed by atoms with E-state index in [1.165, 1.54) is 25.3 Å². The third kappa shape index (κ3) is 5.20. The van der Waals surface area contributed by atoms with Gasteiger partial charge in [0.05, 0.1) is 23.6 Å². The van der Waals surface area contributed by atoms with Crippen LogP contribution >= 0.6 is 0 Å². The summed E-state index contributed by atoms with van der Waals surface area (Å²) in [5.74, 6) is -0.358. The average Bonchev–Trinajstić information content (AvgIpc) is 3.50. The quantitative estimate of drug-likeness (QED) is 0.615. The summed E-state index contributed by atoms with van der Waals surface area (Å²) in [6.45, 7) is 4.43. The van der Waals surface area contributed by atoms with E-state index in [4.69, 9.17) is 4.74 Å². The van der Waals surface area contributed by atoms with Crippen LogP contribution in [0.4, 0.5) is 11.4 Å². The van der Waals surface area contributed by atoms with Crippen LogP contribution in [0.25, 0.3) is 0 Å². The molecule has 1 saturated carbocycles. The topological polar surface area (TPSA) is 105 Å². The lowest BCUT2D eigenvalue weighted by molar-refractivity contribution is -0.122. The van der Waals surface area contributed by atoms with Crippen LogP contribution in [0.15, 0.2) is 47.4 Å². The van der Waals surface area contributed by atoms with Crippen molar-refractivity contribution in [2.75, 3.05) is 23.9 Å². The van der Waals surface area contributed by atoms with Gasteiger partial charge in [-0.3, -0.25) is 9.59 Å². The maximum absolute atomic E-state index is 13.0. The molecule has 176 valence electrons. The minimum absolute atomic E-state index is 0.0279. The Morgan fingerprint density at radius 2 is 1.91 bits per heavy atom. The first kappa shape index (κ1) is 23.3. The summed E-state index contributed by atoms with van der Waals surface area (Å²) in [6.07, 6.45) is 1.73. The second kappa shape index (κ2) is 9.15. The molecule has 33 heavy (non-hydrogen) atoms. The summed E-state index contributed by atoms with van der Waals surface area (Å²) < 4.78 is 33.1. The van der Waals surface area contributed by atoms with Gasteiger partial charge in [0.15, 0.2) is 0 Å². The van der Waals surface area contributed by atoms with Crippen LogP contribution in [-0.4, -0.2) is 39.9 Å². The molecule has 1 heterocycles. The molecule has 8 nitrogen and oxygen atoms in total. The first-order valence-corrected chi connectivity index (χ1v) is 12.6. The lowest BCUT2D eigenvalue weighted by Crippen LogP contribution is -2.28. The molecule has 2 aromatic rings. The fraction of sp³-hybridized carbons (Fsp3) is 0.417. The number of rotatable bonds is 8. The zero-order valence-corrected chi connectivity index (χ0v) is 19.8. The number of methoxy groups -OCH3 is 1. The zero-order chi connectivity index (χ0) is 23.8. The van der Waals surface area contributed by atoms with Crippen molar-refractivity contribution >= 4 is 33.2 Å². The van der Waals surface area contributed by atoms with Crippen molar-refractivity contribution in [1.29, 1.82) is 0 Å². The molecule has 1 aliphatic heterocycles. The van der Waals surface area contributed by atoms with Crippen molar-refractivity contribution in [3.05, 3.63) is 48.0 Å². The number of carbonyl (C=O) groups excluding carboxylic acids is 2. The fourth-order valence-electron chi connectivity index (χ4n) is 3.86. The molecule has 2 fully saturated rings. The predicted octanol–water partition coefficient (Wildman–Crippen LogP) is 3.25. The molecule has 2 amide bonds. The number of nitrogens with one attached hydrogen (secondary N) is 2. The number of benzene rings is 2. The Kier molecular flexibility index (Phi) is 6.45. The molecule has 0 bridgehead atoms. The lowest BCUT2D eigenvalue weighted by atomic mass is 10.0. The molecule has 1 saturated heterocycles. The third-order valence-corrected chi connectivity index (χ3v) is 7.50. The van der Waals surface area contributed by atoms with Gasteiger partial charge in [-0.15, -0.1) is 0 Å². The Bertz CT molecular complexity index is 1170. The van der Waals surface area contributed by atoms with Gasteiger partial charge in [0.2, 0.25) is 21.8 Å². The fourth-order valence-corrected chi connectivity index (χ4v) is 5.19. The molecule has 0 spiro atoms. The molecule has 0 aromatic heterocycles. The minimum Gasteiger partial charge on any atom is -0.495 e. The van der Waals surface area contributed by atoms with Gasteiger partial charge >= 0.3 is 0 Å². The van der Waals surface area contributed by atoms with Crippen molar-refractivity contribution < 1.29 is 22.7 Å². The summed E-state index contributed by atoms with van der Waals surface area (Å²) in [7, 11) is -2.23.